The van der Waals surface area contributed by atoms with Gasteiger partial charge in [-0.05, 0) is 56.6 Å². The summed E-state index contributed by atoms with van der Waals surface area (Å²) in [6, 6.07) is 13.7. The van der Waals surface area contributed by atoms with E-state index in [-0.39, 0.29) is 6.29 Å². The average Bonchev–Trinajstić information content (AvgIpc) is 3.42. The number of aryl methyl sites for hydroxylation is 3. The highest BCUT2D eigenvalue weighted by molar-refractivity contribution is 7.12. The van der Waals surface area contributed by atoms with Crippen molar-refractivity contribution >= 4 is 23.7 Å². The summed E-state index contributed by atoms with van der Waals surface area (Å²) < 4.78 is 0. The van der Waals surface area contributed by atoms with Crippen LogP contribution in [0.4, 0.5) is 0 Å². The number of hydrogen-bond acceptors (Lipinski definition) is 3. The van der Waals surface area contributed by atoms with Crippen molar-refractivity contribution in [2.45, 2.75) is 72.6 Å². The van der Waals surface area contributed by atoms with Crippen LogP contribution in [0.25, 0.3) is 6.08 Å². The van der Waals surface area contributed by atoms with E-state index in [1.54, 1.807) is 0 Å². The molecule has 168 valence electrons. The fourth-order valence-electron chi connectivity index (χ4n) is 3.60. The van der Waals surface area contributed by atoms with Gasteiger partial charge in [0, 0.05) is 9.75 Å². The van der Waals surface area contributed by atoms with Crippen LogP contribution in [0.2, 0.25) is 0 Å². The zero-order valence-electron chi connectivity index (χ0n) is 19.8. The number of aldehydes is 1. The first kappa shape index (κ1) is 28.6. The van der Waals surface area contributed by atoms with Crippen LogP contribution in [0.5, 0.6) is 0 Å². The summed E-state index contributed by atoms with van der Waals surface area (Å²) >= 11 is 1.87. The number of hydrogen-bond donors (Lipinski definition) is 0. The molecule has 0 bridgehead atoms. The molecule has 0 aliphatic heterocycles. The maximum atomic E-state index is 8.81. The Kier molecular flexibility index (Phi) is 15.9. The summed E-state index contributed by atoms with van der Waals surface area (Å²) in [4.78, 5) is 11.6. The molecule has 1 aromatic carbocycles. The molecule has 1 saturated carbocycles. The zero-order valence-corrected chi connectivity index (χ0v) is 20.6. The third-order valence-electron chi connectivity index (χ3n) is 5.56. The summed E-state index contributed by atoms with van der Waals surface area (Å²) in [5, 5.41) is 7.26. The molecule has 0 radical (unpaired) electrons. The Hall–Kier alpha value is -2.44. The second kappa shape index (κ2) is 17.3. The van der Waals surface area contributed by atoms with E-state index in [1.165, 1.54) is 65.5 Å². The van der Waals surface area contributed by atoms with Crippen LogP contribution in [-0.2, 0) is 11.2 Å². The molecule has 1 aliphatic carbocycles. The van der Waals surface area contributed by atoms with Gasteiger partial charge in [0.1, 0.15) is 6.07 Å². The Bertz CT molecular complexity index is 792. The number of rotatable bonds is 5. The molecule has 3 heteroatoms. The number of benzene rings is 1. The van der Waals surface area contributed by atoms with Crippen LogP contribution in [0.3, 0.4) is 0 Å². The summed E-state index contributed by atoms with van der Waals surface area (Å²) in [7, 11) is 0. The van der Waals surface area contributed by atoms with Crippen LogP contribution in [-0.4, -0.2) is 6.29 Å². The van der Waals surface area contributed by atoms with Crippen molar-refractivity contribution in [1.82, 2.24) is 0 Å². The predicted octanol–water partition coefficient (Wildman–Crippen LogP) is 8.50. The largest absolute Gasteiger partial charge is 0.286 e. The summed E-state index contributed by atoms with van der Waals surface area (Å²) in [6.45, 7) is 16.3. The maximum Gasteiger partial charge on any atom is 0.219 e. The monoisotopic (exact) mass is 437 g/mol. The third-order valence-corrected chi connectivity index (χ3v) is 6.77. The first-order chi connectivity index (χ1) is 14.9. The lowest BCUT2D eigenvalue weighted by Gasteiger charge is -2.25. The fraction of sp³-hybridized carbons (Fsp3) is 0.429. The van der Waals surface area contributed by atoms with Gasteiger partial charge in [0.2, 0.25) is 6.29 Å². The Morgan fingerprint density at radius 3 is 2.00 bits per heavy atom. The lowest BCUT2D eigenvalue weighted by molar-refractivity contribution is -0.103. The number of nitrogens with zero attached hydrogens (tertiary/aromatic N) is 1. The first-order valence-corrected chi connectivity index (χ1v) is 11.9. The van der Waals surface area contributed by atoms with Crippen molar-refractivity contribution in [3.05, 3.63) is 76.5 Å². The Labute approximate surface area is 194 Å². The minimum Gasteiger partial charge on any atom is -0.286 e. The van der Waals surface area contributed by atoms with Gasteiger partial charge in [0.25, 0.3) is 0 Å². The van der Waals surface area contributed by atoms with Gasteiger partial charge in [0.05, 0.1) is 0 Å². The minimum atomic E-state index is 0.181. The average molecular weight is 438 g/mol. The molecule has 0 unspecified atom stereocenters. The van der Waals surface area contributed by atoms with Crippen LogP contribution >= 0.6 is 11.3 Å². The second-order valence-corrected chi connectivity index (χ2v) is 9.08. The lowest BCUT2D eigenvalue weighted by Crippen LogP contribution is -2.12. The molecular weight excluding hydrogens is 398 g/mol. The van der Waals surface area contributed by atoms with E-state index in [4.69, 9.17) is 10.1 Å². The number of nitriles is 1. The molecule has 31 heavy (non-hydrogen) atoms. The predicted molar refractivity (Wildman–Crippen MR) is 137 cm³/mol. The number of carbonyl (C=O) groups is 1. The van der Waals surface area contributed by atoms with E-state index >= 15 is 0 Å². The molecule has 0 atom stereocenters. The molecule has 1 fully saturated rings. The van der Waals surface area contributed by atoms with Gasteiger partial charge >= 0.3 is 0 Å². The van der Waals surface area contributed by atoms with E-state index in [9.17, 15) is 0 Å². The highest BCUT2D eigenvalue weighted by Gasteiger charge is 2.29. The number of thiophene rings is 1. The van der Waals surface area contributed by atoms with Gasteiger partial charge in [-0.2, -0.15) is 5.26 Å². The van der Waals surface area contributed by atoms with E-state index in [1.807, 2.05) is 35.6 Å². The summed E-state index contributed by atoms with van der Waals surface area (Å²) in [5.74, 6) is 0. The Morgan fingerprint density at radius 2 is 1.71 bits per heavy atom. The highest BCUT2D eigenvalue weighted by Crippen LogP contribution is 2.43. The zero-order chi connectivity index (χ0) is 23.5. The van der Waals surface area contributed by atoms with Crippen molar-refractivity contribution in [3.8, 4) is 6.07 Å². The highest BCUT2D eigenvalue weighted by atomic mass is 32.1. The minimum absolute atomic E-state index is 0.181. The fourth-order valence-corrected chi connectivity index (χ4v) is 4.59. The summed E-state index contributed by atoms with van der Waals surface area (Å²) in [6.07, 6.45) is 13.7. The van der Waals surface area contributed by atoms with Gasteiger partial charge in [-0.15, -0.1) is 17.9 Å². The van der Waals surface area contributed by atoms with Crippen molar-refractivity contribution < 1.29 is 4.79 Å². The van der Waals surface area contributed by atoms with Crippen LogP contribution < -0.4 is 0 Å². The molecule has 2 aromatic rings. The van der Waals surface area contributed by atoms with E-state index in [0.717, 1.165) is 6.42 Å². The van der Waals surface area contributed by atoms with Crippen LogP contribution in [0.15, 0.2) is 55.6 Å². The maximum absolute atomic E-state index is 8.81. The molecule has 0 spiro atoms. The van der Waals surface area contributed by atoms with Gasteiger partial charge < -0.3 is 0 Å². The van der Waals surface area contributed by atoms with E-state index < -0.39 is 0 Å². The quantitative estimate of drug-likeness (QED) is 0.267. The van der Waals surface area contributed by atoms with E-state index in [0.29, 0.717) is 5.41 Å². The molecular formula is C28H39NOS. The van der Waals surface area contributed by atoms with Gasteiger partial charge in [0.15, 0.2) is 0 Å². The summed E-state index contributed by atoms with van der Waals surface area (Å²) in [5.41, 5.74) is 3.28. The van der Waals surface area contributed by atoms with E-state index in [2.05, 4.69) is 65.1 Å². The number of carbonyl (C=O) groups excluding carboxylic acids is 1. The topological polar surface area (TPSA) is 40.9 Å². The van der Waals surface area contributed by atoms with Crippen LogP contribution in [0, 0.1) is 30.6 Å². The third kappa shape index (κ3) is 12.1. The molecule has 1 aliphatic rings. The lowest BCUT2D eigenvalue weighted by atomic mass is 9.80. The molecule has 0 saturated heterocycles. The van der Waals surface area contributed by atoms with Gasteiger partial charge in [-0.1, -0.05) is 87.7 Å². The van der Waals surface area contributed by atoms with Crippen molar-refractivity contribution in [3.63, 3.8) is 0 Å². The SMILES string of the molecule is C=CCC1(CC)CCCC1.C=Cc1cc(CC)sc1C.Cc1ccccc1.N#CC=O. The Morgan fingerprint density at radius 1 is 1.13 bits per heavy atom. The molecule has 0 amide bonds. The number of allylic oxidation sites excluding steroid dienone is 1. The van der Waals surface area contributed by atoms with Gasteiger partial charge in [-0.25, -0.2) is 0 Å². The van der Waals surface area contributed by atoms with Crippen molar-refractivity contribution in [2.24, 2.45) is 5.41 Å². The van der Waals surface area contributed by atoms with Crippen molar-refractivity contribution in [1.29, 1.82) is 5.26 Å². The molecule has 1 heterocycles. The standard InChI is InChI=1S/C10H18.C9H12S.C7H8.C2HNO/c1-3-7-10(4-2)8-5-6-9-10;1-4-8-6-9(5-2)10-7(8)3;1-7-5-3-2-4-6-7;3-1-2-4/h3H,1,4-9H2,2H3;4,6H,1,5H2,2-3H3;2-6H,1H3;2H. The first-order valence-electron chi connectivity index (χ1n) is 11.1. The van der Waals surface area contributed by atoms with Crippen LogP contribution in [0.1, 0.15) is 73.3 Å². The van der Waals surface area contributed by atoms with Crippen molar-refractivity contribution in [2.75, 3.05) is 0 Å². The molecule has 0 N–H and O–H groups in total. The van der Waals surface area contributed by atoms with Gasteiger partial charge in [-0.3, -0.25) is 4.79 Å². The Balaban J connectivity index is 0.000000407. The molecule has 1 aromatic heterocycles. The molecule has 3 rings (SSSR count). The second-order valence-electron chi connectivity index (χ2n) is 7.74. The smallest absolute Gasteiger partial charge is 0.219 e. The molecule has 2 nitrogen and oxygen atoms in total. The normalized spacial score (nSPS) is 13.0.